The summed E-state index contributed by atoms with van der Waals surface area (Å²) in [4.78, 5) is 9.75. The van der Waals surface area contributed by atoms with E-state index in [1.807, 2.05) is 66.7 Å². The molecule has 0 N–H and O–H groups in total. The van der Waals surface area contributed by atoms with E-state index < -0.39 is 23.5 Å². The number of alkyl halides is 6. The molecule has 2 heterocycles. The molecule has 0 fully saturated rings. The second kappa shape index (κ2) is 11.1. The van der Waals surface area contributed by atoms with Crippen molar-refractivity contribution in [1.29, 1.82) is 5.26 Å². The van der Waals surface area contributed by atoms with Crippen molar-refractivity contribution in [1.82, 2.24) is 14.5 Å². The predicted molar refractivity (Wildman–Crippen MR) is 167 cm³/mol. The van der Waals surface area contributed by atoms with E-state index in [1.165, 1.54) is 18.2 Å². The van der Waals surface area contributed by atoms with Gasteiger partial charge in [-0.2, -0.15) is 31.6 Å². The molecule has 47 heavy (non-hydrogen) atoms. The molecule has 7 rings (SSSR count). The van der Waals surface area contributed by atoms with Crippen molar-refractivity contribution in [2.45, 2.75) is 12.4 Å². The fourth-order valence-electron chi connectivity index (χ4n) is 5.69. The number of benzene rings is 5. The van der Waals surface area contributed by atoms with Gasteiger partial charge in [-0.05, 0) is 60.7 Å². The van der Waals surface area contributed by atoms with Crippen molar-refractivity contribution >= 4 is 21.8 Å². The topological polar surface area (TPSA) is 54.5 Å². The van der Waals surface area contributed by atoms with E-state index in [9.17, 15) is 31.6 Å². The number of halogens is 6. The van der Waals surface area contributed by atoms with E-state index in [4.69, 9.17) is 9.97 Å². The smallest absolute Gasteiger partial charge is 0.308 e. The third-order valence-electron chi connectivity index (χ3n) is 7.89. The minimum Gasteiger partial charge on any atom is -0.308 e. The molecule has 10 heteroatoms. The molecular formula is C37H20F6N4. The van der Waals surface area contributed by atoms with Crippen molar-refractivity contribution in [3.8, 4) is 45.7 Å². The molecule has 0 saturated heterocycles. The second-order valence-electron chi connectivity index (χ2n) is 10.8. The molecule has 0 aliphatic heterocycles. The fraction of sp³-hybridized carbons (Fsp3) is 0.0541. The second-order valence-corrected chi connectivity index (χ2v) is 10.8. The normalized spacial score (nSPS) is 12.0. The summed E-state index contributed by atoms with van der Waals surface area (Å²) in [7, 11) is 0. The quantitative estimate of drug-likeness (QED) is 0.181. The maximum atomic E-state index is 13.8. The predicted octanol–water partition coefficient (Wildman–Crippen LogP) is 10.5. The van der Waals surface area contributed by atoms with Crippen LogP contribution in [0.15, 0.2) is 121 Å². The Morgan fingerprint density at radius 2 is 1.04 bits per heavy atom. The summed E-state index contributed by atoms with van der Waals surface area (Å²) in [5.74, 6) is 0.249. The first-order chi connectivity index (χ1) is 22.5. The van der Waals surface area contributed by atoms with Crippen molar-refractivity contribution < 1.29 is 26.3 Å². The Morgan fingerprint density at radius 1 is 0.553 bits per heavy atom. The first-order valence-electron chi connectivity index (χ1n) is 14.3. The van der Waals surface area contributed by atoms with Crippen LogP contribution in [0.2, 0.25) is 0 Å². The number of rotatable bonds is 4. The third-order valence-corrected chi connectivity index (χ3v) is 7.89. The van der Waals surface area contributed by atoms with E-state index in [2.05, 4.69) is 6.07 Å². The highest BCUT2D eigenvalue weighted by atomic mass is 19.4. The van der Waals surface area contributed by atoms with E-state index in [0.29, 0.717) is 22.6 Å². The molecule has 0 aliphatic carbocycles. The molecule has 2 aromatic heterocycles. The molecule has 0 aliphatic rings. The van der Waals surface area contributed by atoms with Crippen LogP contribution in [0.3, 0.4) is 0 Å². The highest BCUT2D eigenvalue weighted by molar-refractivity contribution is 6.10. The molecule has 5 aromatic carbocycles. The van der Waals surface area contributed by atoms with Crippen LogP contribution in [0.25, 0.3) is 61.4 Å². The minimum absolute atomic E-state index is 0.0295. The Labute approximate surface area is 263 Å². The van der Waals surface area contributed by atoms with Gasteiger partial charge >= 0.3 is 12.4 Å². The maximum Gasteiger partial charge on any atom is 0.416 e. The van der Waals surface area contributed by atoms with Gasteiger partial charge in [-0.3, -0.25) is 0 Å². The van der Waals surface area contributed by atoms with Gasteiger partial charge in [0.15, 0.2) is 5.82 Å². The zero-order chi connectivity index (χ0) is 32.9. The molecule has 0 bridgehead atoms. The van der Waals surface area contributed by atoms with Crippen molar-refractivity contribution in [2.75, 3.05) is 0 Å². The van der Waals surface area contributed by atoms with E-state index in [1.54, 1.807) is 16.7 Å². The molecule has 0 atom stereocenters. The van der Waals surface area contributed by atoms with Crippen LogP contribution in [0.5, 0.6) is 0 Å². The van der Waals surface area contributed by atoms with Gasteiger partial charge in [0, 0.05) is 27.5 Å². The van der Waals surface area contributed by atoms with Gasteiger partial charge in [0.1, 0.15) is 0 Å². The summed E-state index contributed by atoms with van der Waals surface area (Å²) in [6, 6.07) is 33.4. The SMILES string of the molecule is N#Cc1ccc(-c2nc(-c3ccccc3)cc(-c3ccccc3)n2)c(-n2c3ccc(C(F)(F)F)cc3c3cc(C(F)(F)F)ccc32)c1. The van der Waals surface area contributed by atoms with E-state index >= 15 is 0 Å². The fourth-order valence-corrected chi connectivity index (χ4v) is 5.69. The number of aromatic nitrogens is 3. The Morgan fingerprint density at radius 3 is 1.49 bits per heavy atom. The Hall–Kier alpha value is -5.95. The monoisotopic (exact) mass is 634 g/mol. The van der Waals surface area contributed by atoms with Gasteiger partial charge in [-0.15, -0.1) is 0 Å². The summed E-state index contributed by atoms with van der Waals surface area (Å²) < 4.78 is 84.4. The Balaban J connectivity index is 1.56. The summed E-state index contributed by atoms with van der Waals surface area (Å²) >= 11 is 0. The van der Waals surface area contributed by atoms with Gasteiger partial charge in [0.05, 0.1) is 50.9 Å². The molecule has 0 radical (unpaired) electrons. The van der Waals surface area contributed by atoms with E-state index in [-0.39, 0.29) is 33.2 Å². The molecule has 0 amide bonds. The lowest BCUT2D eigenvalue weighted by atomic mass is 10.0. The first-order valence-corrected chi connectivity index (χ1v) is 14.3. The van der Waals surface area contributed by atoms with Crippen molar-refractivity contribution in [3.63, 3.8) is 0 Å². The number of hydrogen-bond donors (Lipinski definition) is 0. The van der Waals surface area contributed by atoms with Crippen molar-refractivity contribution in [2.24, 2.45) is 0 Å². The van der Waals surface area contributed by atoms with Gasteiger partial charge in [0.2, 0.25) is 0 Å². The molecule has 0 spiro atoms. The van der Waals surface area contributed by atoms with Crippen molar-refractivity contribution in [3.05, 3.63) is 138 Å². The van der Waals surface area contributed by atoms with Crippen LogP contribution in [0, 0.1) is 11.3 Å². The lowest BCUT2D eigenvalue weighted by Crippen LogP contribution is -2.05. The molecule has 230 valence electrons. The highest BCUT2D eigenvalue weighted by Gasteiger charge is 2.33. The largest absolute Gasteiger partial charge is 0.416 e. The lowest BCUT2D eigenvalue weighted by Gasteiger charge is -2.16. The van der Waals surface area contributed by atoms with Crippen LogP contribution in [-0.4, -0.2) is 14.5 Å². The van der Waals surface area contributed by atoms with E-state index in [0.717, 1.165) is 35.4 Å². The van der Waals surface area contributed by atoms with Crippen LogP contribution < -0.4 is 0 Å². The third kappa shape index (κ3) is 5.46. The number of nitriles is 1. The van der Waals surface area contributed by atoms with Gasteiger partial charge in [0.25, 0.3) is 0 Å². The lowest BCUT2D eigenvalue weighted by molar-refractivity contribution is -0.138. The van der Waals surface area contributed by atoms with Crippen LogP contribution in [0.1, 0.15) is 16.7 Å². The Bertz CT molecular complexity index is 2210. The van der Waals surface area contributed by atoms with Crippen LogP contribution >= 0.6 is 0 Å². The molecule has 4 nitrogen and oxygen atoms in total. The molecule has 0 unspecified atom stereocenters. The minimum atomic E-state index is -4.73. The van der Waals surface area contributed by atoms with Crippen LogP contribution in [0.4, 0.5) is 26.3 Å². The summed E-state index contributed by atoms with van der Waals surface area (Å²) in [6.45, 7) is 0. The number of fused-ring (bicyclic) bond motifs is 3. The summed E-state index contributed by atoms with van der Waals surface area (Å²) in [5, 5.41) is 9.79. The molecule has 0 saturated carbocycles. The van der Waals surface area contributed by atoms with Crippen LogP contribution in [-0.2, 0) is 12.4 Å². The highest BCUT2D eigenvalue weighted by Crippen LogP contribution is 2.41. The number of hydrogen-bond acceptors (Lipinski definition) is 3. The first kappa shape index (κ1) is 29.7. The average molecular weight is 635 g/mol. The zero-order valence-electron chi connectivity index (χ0n) is 24.1. The standard InChI is InChI=1S/C37H20F6N4/c38-36(39,40)25-12-15-32-28(18-25)29-19-26(37(41,42)43)13-16-33(29)47(32)34-17-22(21-44)11-14-27(34)35-45-30(23-7-3-1-4-8-23)20-31(46-35)24-9-5-2-6-10-24/h1-20H. The molecular weight excluding hydrogens is 614 g/mol. The summed E-state index contributed by atoms with van der Waals surface area (Å²) in [5.41, 5.74) is 2.17. The van der Waals surface area contributed by atoms with Gasteiger partial charge < -0.3 is 4.57 Å². The van der Waals surface area contributed by atoms with Gasteiger partial charge in [-0.25, -0.2) is 9.97 Å². The molecule has 7 aromatic rings. The summed E-state index contributed by atoms with van der Waals surface area (Å²) in [6.07, 6.45) is -9.45. The van der Waals surface area contributed by atoms with Gasteiger partial charge in [-0.1, -0.05) is 60.7 Å². The number of nitrogens with zero attached hydrogens (tertiary/aromatic N) is 4. The zero-order valence-corrected chi connectivity index (χ0v) is 24.1. The Kier molecular flexibility index (Phi) is 7.05. The maximum absolute atomic E-state index is 13.8. The average Bonchev–Trinajstić information content (AvgIpc) is 3.41.